The number of nitrogens with zero attached hydrogens (tertiary/aromatic N) is 2. The molecule has 1 aromatic heterocycles. The summed E-state index contributed by atoms with van der Waals surface area (Å²) in [6.45, 7) is 5.44. The Bertz CT molecular complexity index is 443. The molecule has 1 aliphatic rings. The van der Waals surface area contributed by atoms with Gasteiger partial charge in [-0.15, -0.1) is 0 Å². The standard InChI is InChI=1S/C14H19ClN2O/c1-3-17(9-11-5-4-6-11)14(18)12-8-16-10(2)7-13(12)15/h7-8,11H,3-6,9H2,1-2H3. The fraction of sp³-hybridized carbons (Fsp3) is 0.571. The fourth-order valence-corrected chi connectivity index (χ4v) is 2.48. The average molecular weight is 267 g/mol. The number of halogens is 1. The summed E-state index contributed by atoms with van der Waals surface area (Å²) >= 11 is 6.12. The minimum atomic E-state index is 0.00176. The van der Waals surface area contributed by atoms with Crippen molar-refractivity contribution in [1.29, 1.82) is 0 Å². The highest BCUT2D eigenvalue weighted by Gasteiger charge is 2.24. The molecule has 98 valence electrons. The largest absolute Gasteiger partial charge is 0.339 e. The van der Waals surface area contributed by atoms with E-state index >= 15 is 0 Å². The third kappa shape index (κ3) is 2.83. The summed E-state index contributed by atoms with van der Waals surface area (Å²) in [5.74, 6) is 0.674. The molecule has 1 heterocycles. The first kappa shape index (κ1) is 13.3. The van der Waals surface area contributed by atoms with Gasteiger partial charge in [-0.2, -0.15) is 0 Å². The van der Waals surface area contributed by atoms with E-state index in [1.165, 1.54) is 19.3 Å². The van der Waals surface area contributed by atoms with Gasteiger partial charge in [0.05, 0.1) is 10.6 Å². The second-order valence-electron chi connectivity index (χ2n) is 4.95. The predicted molar refractivity (Wildman–Crippen MR) is 72.9 cm³/mol. The molecule has 0 N–H and O–H groups in total. The molecule has 1 fully saturated rings. The van der Waals surface area contributed by atoms with Gasteiger partial charge in [0.15, 0.2) is 0 Å². The van der Waals surface area contributed by atoms with Crippen molar-refractivity contribution in [3.63, 3.8) is 0 Å². The molecule has 1 amide bonds. The molecular weight excluding hydrogens is 248 g/mol. The first-order valence-electron chi connectivity index (χ1n) is 6.53. The molecule has 0 saturated heterocycles. The molecule has 3 nitrogen and oxygen atoms in total. The topological polar surface area (TPSA) is 33.2 Å². The highest BCUT2D eigenvalue weighted by molar-refractivity contribution is 6.33. The predicted octanol–water partition coefficient (Wildman–Crippen LogP) is 3.31. The first-order chi connectivity index (χ1) is 8.61. The van der Waals surface area contributed by atoms with E-state index in [1.807, 2.05) is 18.7 Å². The van der Waals surface area contributed by atoms with Crippen LogP contribution in [-0.2, 0) is 0 Å². The van der Waals surface area contributed by atoms with Crippen LogP contribution in [0.15, 0.2) is 12.3 Å². The lowest BCUT2D eigenvalue weighted by molar-refractivity contribution is 0.0706. The summed E-state index contributed by atoms with van der Waals surface area (Å²) in [4.78, 5) is 18.4. The highest BCUT2D eigenvalue weighted by Crippen LogP contribution is 2.28. The Labute approximate surface area is 113 Å². The van der Waals surface area contributed by atoms with E-state index in [0.29, 0.717) is 16.5 Å². The zero-order valence-corrected chi connectivity index (χ0v) is 11.7. The third-order valence-electron chi connectivity index (χ3n) is 3.59. The van der Waals surface area contributed by atoms with Crippen molar-refractivity contribution in [3.8, 4) is 0 Å². The Morgan fingerprint density at radius 2 is 2.28 bits per heavy atom. The van der Waals surface area contributed by atoms with Gasteiger partial charge in [-0.3, -0.25) is 9.78 Å². The van der Waals surface area contributed by atoms with E-state index in [0.717, 1.165) is 18.8 Å². The van der Waals surface area contributed by atoms with E-state index in [4.69, 9.17) is 11.6 Å². The molecule has 0 atom stereocenters. The molecule has 1 saturated carbocycles. The van der Waals surface area contributed by atoms with Crippen LogP contribution in [0.5, 0.6) is 0 Å². The SMILES string of the molecule is CCN(CC1CCC1)C(=O)c1cnc(C)cc1Cl. The quantitative estimate of drug-likeness (QED) is 0.838. The van der Waals surface area contributed by atoms with Gasteiger partial charge in [0.1, 0.15) is 0 Å². The molecule has 0 spiro atoms. The lowest BCUT2D eigenvalue weighted by Gasteiger charge is -2.32. The van der Waals surface area contributed by atoms with Crippen LogP contribution in [0.4, 0.5) is 0 Å². The lowest BCUT2D eigenvalue weighted by atomic mass is 9.85. The Morgan fingerprint density at radius 3 is 2.78 bits per heavy atom. The van der Waals surface area contributed by atoms with Crippen LogP contribution >= 0.6 is 11.6 Å². The van der Waals surface area contributed by atoms with E-state index in [1.54, 1.807) is 12.3 Å². The maximum Gasteiger partial charge on any atom is 0.256 e. The molecule has 0 radical (unpaired) electrons. The van der Waals surface area contributed by atoms with Crippen molar-refractivity contribution in [3.05, 3.63) is 28.5 Å². The number of amides is 1. The van der Waals surface area contributed by atoms with Crippen LogP contribution in [0.1, 0.15) is 42.2 Å². The average Bonchev–Trinajstić information content (AvgIpc) is 2.27. The second-order valence-corrected chi connectivity index (χ2v) is 5.35. The van der Waals surface area contributed by atoms with Gasteiger partial charge < -0.3 is 4.90 Å². The Balaban J connectivity index is 2.11. The monoisotopic (exact) mass is 266 g/mol. The molecule has 18 heavy (non-hydrogen) atoms. The minimum Gasteiger partial charge on any atom is -0.339 e. The van der Waals surface area contributed by atoms with Gasteiger partial charge in [-0.25, -0.2) is 0 Å². The molecule has 0 aromatic carbocycles. The van der Waals surface area contributed by atoms with Crippen molar-refractivity contribution in [2.24, 2.45) is 5.92 Å². The third-order valence-corrected chi connectivity index (χ3v) is 3.91. The number of hydrogen-bond donors (Lipinski definition) is 0. The second kappa shape index (κ2) is 5.70. The van der Waals surface area contributed by atoms with Crippen LogP contribution in [0.2, 0.25) is 5.02 Å². The maximum absolute atomic E-state index is 12.4. The molecule has 4 heteroatoms. The fourth-order valence-electron chi connectivity index (χ4n) is 2.20. The van der Waals surface area contributed by atoms with Crippen LogP contribution in [0.3, 0.4) is 0 Å². The number of carbonyl (C=O) groups excluding carboxylic acids is 1. The Morgan fingerprint density at radius 1 is 1.56 bits per heavy atom. The Kier molecular flexibility index (Phi) is 4.23. The summed E-state index contributed by atoms with van der Waals surface area (Å²) in [5.41, 5.74) is 1.35. The van der Waals surface area contributed by atoms with Crippen LogP contribution in [0, 0.1) is 12.8 Å². The highest BCUT2D eigenvalue weighted by atomic mass is 35.5. The molecular formula is C14H19ClN2O. The summed E-state index contributed by atoms with van der Waals surface area (Å²) in [6.07, 6.45) is 5.36. The normalized spacial score (nSPS) is 15.3. The van der Waals surface area contributed by atoms with Gasteiger partial charge >= 0.3 is 0 Å². The number of carbonyl (C=O) groups is 1. The van der Waals surface area contributed by atoms with Crippen molar-refractivity contribution in [1.82, 2.24) is 9.88 Å². The van der Waals surface area contributed by atoms with E-state index in [2.05, 4.69) is 4.98 Å². The van der Waals surface area contributed by atoms with E-state index < -0.39 is 0 Å². The van der Waals surface area contributed by atoms with Gasteiger partial charge in [-0.05, 0) is 38.7 Å². The molecule has 0 unspecified atom stereocenters. The smallest absolute Gasteiger partial charge is 0.256 e. The zero-order chi connectivity index (χ0) is 13.1. The summed E-state index contributed by atoms with van der Waals surface area (Å²) in [7, 11) is 0. The van der Waals surface area contributed by atoms with Gasteiger partial charge in [-0.1, -0.05) is 18.0 Å². The van der Waals surface area contributed by atoms with Crippen molar-refractivity contribution < 1.29 is 4.79 Å². The van der Waals surface area contributed by atoms with E-state index in [9.17, 15) is 4.79 Å². The number of aromatic nitrogens is 1. The van der Waals surface area contributed by atoms with Gasteiger partial charge in [0, 0.05) is 25.0 Å². The van der Waals surface area contributed by atoms with Crippen LogP contribution in [0.25, 0.3) is 0 Å². The number of aryl methyl sites for hydroxylation is 1. The van der Waals surface area contributed by atoms with Gasteiger partial charge in [0.25, 0.3) is 5.91 Å². The summed E-state index contributed by atoms with van der Waals surface area (Å²) in [5, 5.41) is 0.500. The van der Waals surface area contributed by atoms with Crippen LogP contribution in [-0.4, -0.2) is 28.9 Å². The lowest BCUT2D eigenvalue weighted by Crippen LogP contribution is -2.37. The number of rotatable bonds is 4. The molecule has 0 aliphatic heterocycles. The molecule has 0 bridgehead atoms. The number of hydrogen-bond acceptors (Lipinski definition) is 2. The summed E-state index contributed by atoms with van der Waals surface area (Å²) in [6, 6.07) is 1.74. The van der Waals surface area contributed by atoms with Crippen LogP contribution < -0.4 is 0 Å². The van der Waals surface area contributed by atoms with Gasteiger partial charge in [0.2, 0.25) is 0 Å². The zero-order valence-electron chi connectivity index (χ0n) is 10.9. The maximum atomic E-state index is 12.4. The van der Waals surface area contributed by atoms with Crippen molar-refractivity contribution in [2.75, 3.05) is 13.1 Å². The number of pyridine rings is 1. The molecule has 1 aliphatic carbocycles. The van der Waals surface area contributed by atoms with Crippen molar-refractivity contribution in [2.45, 2.75) is 33.1 Å². The molecule has 1 aromatic rings. The summed E-state index contributed by atoms with van der Waals surface area (Å²) < 4.78 is 0. The Hall–Kier alpha value is -1.09. The minimum absolute atomic E-state index is 0.00176. The van der Waals surface area contributed by atoms with E-state index in [-0.39, 0.29) is 5.91 Å². The van der Waals surface area contributed by atoms with Crippen molar-refractivity contribution >= 4 is 17.5 Å². The first-order valence-corrected chi connectivity index (χ1v) is 6.91. The molecule has 2 rings (SSSR count).